The molecule has 1 aliphatic heterocycles. The van der Waals surface area contributed by atoms with E-state index in [2.05, 4.69) is 0 Å². The van der Waals surface area contributed by atoms with Crippen LogP contribution in [-0.2, 0) is 15.1 Å². The van der Waals surface area contributed by atoms with E-state index in [0.29, 0.717) is 10.6 Å². The highest BCUT2D eigenvalue weighted by atomic mass is 35.5. The standard InChI is InChI=1S/C13H18ClO9P/c1-5-4-6(14)2-3-7(5)13(19)11(17)9(16)8(15)10(23-13)12(18)24(20,21)22/h2-4,8-12,15-19H,1H3,(H2,20,21,22)/t8-,9-,10-,11-,12?,13?/m0/s1. The van der Waals surface area contributed by atoms with Gasteiger partial charge in [-0.1, -0.05) is 17.7 Å². The molecule has 0 radical (unpaired) electrons. The Labute approximate surface area is 141 Å². The smallest absolute Gasteiger partial charge is 0.356 e. The van der Waals surface area contributed by atoms with Gasteiger partial charge in [-0.2, -0.15) is 0 Å². The molecule has 1 aromatic rings. The van der Waals surface area contributed by atoms with Crippen LogP contribution in [0.25, 0.3) is 0 Å². The molecule has 0 bridgehead atoms. The Kier molecular flexibility index (Phi) is 5.44. The van der Waals surface area contributed by atoms with Gasteiger partial charge in [0.05, 0.1) is 0 Å². The molecule has 0 saturated carbocycles. The second kappa shape index (κ2) is 6.62. The third-order valence-electron chi connectivity index (χ3n) is 3.94. The van der Waals surface area contributed by atoms with Crippen molar-refractivity contribution in [3.63, 3.8) is 0 Å². The molecule has 11 heteroatoms. The number of benzene rings is 1. The average molecular weight is 385 g/mol. The first-order valence-electron chi connectivity index (χ1n) is 6.84. The molecule has 7 N–H and O–H groups in total. The van der Waals surface area contributed by atoms with Crippen LogP contribution in [0, 0.1) is 6.92 Å². The lowest BCUT2D eigenvalue weighted by molar-refractivity contribution is -0.361. The van der Waals surface area contributed by atoms with Crippen LogP contribution in [0.3, 0.4) is 0 Å². The number of hydrogen-bond acceptors (Lipinski definition) is 7. The minimum absolute atomic E-state index is 0.0479. The molecule has 1 aromatic carbocycles. The van der Waals surface area contributed by atoms with Gasteiger partial charge >= 0.3 is 7.60 Å². The minimum atomic E-state index is -5.13. The zero-order valence-electron chi connectivity index (χ0n) is 12.4. The van der Waals surface area contributed by atoms with Gasteiger partial charge in [0.2, 0.25) is 5.79 Å². The van der Waals surface area contributed by atoms with Crippen molar-refractivity contribution in [3.8, 4) is 0 Å². The summed E-state index contributed by atoms with van der Waals surface area (Å²) < 4.78 is 16.3. The Morgan fingerprint density at radius 2 is 1.83 bits per heavy atom. The summed E-state index contributed by atoms with van der Waals surface area (Å²) in [5.41, 5.74) is 0.297. The molecule has 1 saturated heterocycles. The summed E-state index contributed by atoms with van der Waals surface area (Å²) in [5.74, 6) is -5.15. The number of aliphatic hydroxyl groups excluding tert-OH is 4. The van der Waals surface area contributed by atoms with Crippen molar-refractivity contribution >= 4 is 19.2 Å². The van der Waals surface area contributed by atoms with Crippen LogP contribution in [0.2, 0.25) is 5.02 Å². The molecular formula is C13H18ClO9P. The molecule has 9 nitrogen and oxygen atoms in total. The molecular weight excluding hydrogens is 367 g/mol. The molecule has 2 unspecified atom stereocenters. The van der Waals surface area contributed by atoms with Crippen LogP contribution in [0.15, 0.2) is 18.2 Å². The maximum absolute atomic E-state index is 11.2. The fourth-order valence-electron chi connectivity index (χ4n) is 2.64. The van der Waals surface area contributed by atoms with E-state index in [-0.39, 0.29) is 5.56 Å². The zero-order valence-corrected chi connectivity index (χ0v) is 14.0. The number of rotatable bonds is 3. The van der Waals surface area contributed by atoms with Crippen molar-refractivity contribution in [2.24, 2.45) is 0 Å². The van der Waals surface area contributed by atoms with Gasteiger partial charge in [-0.3, -0.25) is 4.57 Å². The van der Waals surface area contributed by atoms with Crippen LogP contribution < -0.4 is 0 Å². The van der Waals surface area contributed by atoms with Crippen LogP contribution in [0.1, 0.15) is 11.1 Å². The van der Waals surface area contributed by atoms with Crippen molar-refractivity contribution in [3.05, 3.63) is 34.3 Å². The van der Waals surface area contributed by atoms with Crippen LogP contribution >= 0.6 is 19.2 Å². The fourth-order valence-corrected chi connectivity index (χ4v) is 3.49. The van der Waals surface area contributed by atoms with Crippen molar-refractivity contribution in [1.29, 1.82) is 0 Å². The summed E-state index contributed by atoms with van der Waals surface area (Å²) in [5, 5.41) is 50.7. The predicted molar refractivity (Wildman–Crippen MR) is 81.0 cm³/mol. The molecule has 0 spiro atoms. The Morgan fingerprint density at radius 1 is 1.25 bits per heavy atom. The van der Waals surface area contributed by atoms with E-state index in [1.165, 1.54) is 25.1 Å². The van der Waals surface area contributed by atoms with E-state index in [4.69, 9.17) is 26.1 Å². The Bertz CT molecular complexity index is 665. The first kappa shape index (κ1) is 19.7. The highest BCUT2D eigenvalue weighted by Crippen LogP contribution is 2.47. The van der Waals surface area contributed by atoms with Crippen LogP contribution in [0.5, 0.6) is 0 Å². The van der Waals surface area contributed by atoms with Crippen LogP contribution in [-0.4, -0.2) is 65.6 Å². The first-order valence-corrected chi connectivity index (χ1v) is 8.90. The van der Waals surface area contributed by atoms with E-state index in [1.807, 2.05) is 0 Å². The molecule has 2 rings (SSSR count). The van der Waals surface area contributed by atoms with E-state index in [9.17, 15) is 30.1 Å². The quantitative estimate of drug-likeness (QED) is 0.315. The zero-order chi connectivity index (χ0) is 18.4. The average Bonchev–Trinajstić information content (AvgIpc) is 2.47. The minimum Gasteiger partial charge on any atom is -0.387 e. The molecule has 6 atom stereocenters. The highest BCUT2D eigenvalue weighted by Gasteiger charge is 2.58. The summed E-state index contributed by atoms with van der Waals surface area (Å²) in [7, 11) is -5.13. The Hall–Kier alpha value is -0.580. The van der Waals surface area contributed by atoms with Gasteiger partial charge in [0.1, 0.15) is 24.4 Å². The second-order valence-electron chi connectivity index (χ2n) is 5.67. The number of aryl methyl sites for hydroxylation is 1. The normalized spacial score (nSPS) is 35.7. The SMILES string of the molecule is Cc1cc(Cl)ccc1C1(O)O[C@H](C(O)P(=O)(O)O)[C@@H](O)[C@H](O)[C@@H]1O. The van der Waals surface area contributed by atoms with Gasteiger partial charge in [0, 0.05) is 10.6 Å². The van der Waals surface area contributed by atoms with Crippen molar-refractivity contribution in [2.45, 2.75) is 43.0 Å². The molecule has 1 heterocycles. The maximum atomic E-state index is 11.2. The fraction of sp³-hybridized carbons (Fsp3) is 0.538. The van der Waals surface area contributed by atoms with Gasteiger partial charge in [0.15, 0.2) is 5.85 Å². The monoisotopic (exact) mass is 384 g/mol. The highest BCUT2D eigenvalue weighted by molar-refractivity contribution is 7.52. The van der Waals surface area contributed by atoms with Crippen molar-refractivity contribution in [1.82, 2.24) is 0 Å². The van der Waals surface area contributed by atoms with Gasteiger partial charge in [-0.05, 0) is 24.6 Å². The molecule has 1 fully saturated rings. The Balaban J connectivity index is 2.50. The third-order valence-corrected chi connectivity index (χ3v) is 5.16. The van der Waals surface area contributed by atoms with Crippen LogP contribution in [0.4, 0.5) is 0 Å². The summed E-state index contributed by atoms with van der Waals surface area (Å²) in [6.45, 7) is 1.51. The lowest BCUT2D eigenvalue weighted by Gasteiger charge is -2.47. The topological polar surface area (TPSA) is 168 Å². The lowest BCUT2D eigenvalue weighted by Crippen LogP contribution is -2.65. The van der Waals surface area contributed by atoms with Gasteiger partial charge in [0.25, 0.3) is 0 Å². The largest absolute Gasteiger partial charge is 0.387 e. The third kappa shape index (κ3) is 3.38. The number of ether oxygens (including phenoxy) is 1. The van der Waals surface area contributed by atoms with E-state index < -0.39 is 43.6 Å². The van der Waals surface area contributed by atoms with E-state index in [0.717, 1.165) is 0 Å². The summed E-state index contributed by atoms with van der Waals surface area (Å²) in [4.78, 5) is 18.1. The molecule has 24 heavy (non-hydrogen) atoms. The first-order chi connectivity index (χ1) is 10.9. The number of hydrogen-bond donors (Lipinski definition) is 7. The molecule has 0 aromatic heterocycles. The summed E-state index contributed by atoms with van der Waals surface area (Å²) in [6, 6.07) is 4.08. The summed E-state index contributed by atoms with van der Waals surface area (Å²) in [6.07, 6.45) is -8.18. The van der Waals surface area contributed by atoms with E-state index >= 15 is 0 Å². The Morgan fingerprint density at radius 3 is 2.33 bits per heavy atom. The van der Waals surface area contributed by atoms with Crippen molar-refractivity contribution in [2.75, 3.05) is 0 Å². The van der Waals surface area contributed by atoms with E-state index in [1.54, 1.807) is 0 Å². The summed E-state index contributed by atoms with van der Waals surface area (Å²) >= 11 is 5.81. The van der Waals surface area contributed by atoms with Gasteiger partial charge in [-0.25, -0.2) is 0 Å². The molecule has 1 aliphatic rings. The number of aliphatic hydroxyl groups is 5. The number of halogens is 1. The second-order valence-corrected chi connectivity index (χ2v) is 7.81. The molecule has 0 amide bonds. The molecule has 136 valence electrons. The predicted octanol–water partition coefficient (Wildman–Crippen LogP) is -1.23. The van der Waals surface area contributed by atoms with Gasteiger partial charge in [-0.15, -0.1) is 0 Å². The lowest BCUT2D eigenvalue weighted by atomic mass is 9.86. The maximum Gasteiger partial charge on any atom is 0.356 e. The molecule has 0 aliphatic carbocycles. The van der Waals surface area contributed by atoms with Crippen molar-refractivity contribution < 1.29 is 44.6 Å². The van der Waals surface area contributed by atoms with Gasteiger partial charge < -0.3 is 40.1 Å².